The number of aryl methyl sites for hydroxylation is 1. The molecule has 146 valence electrons. The number of anilines is 1. The lowest BCUT2D eigenvalue weighted by Gasteiger charge is -2.07. The van der Waals surface area contributed by atoms with Crippen molar-refractivity contribution < 1.29 is 13.9 Å². The van der Waals surface area contributed by atoms with E-state index in [1.165, 1.54) is 23.5 Å². The Morgan fingerprint density at radius 2 is 2.00 bits per heavy atom. The van der Waals surface area contributed by atoms with E-state index in [-0.39, 0.29) is 11.7 Å². The summed E-state index contributed by atoms with van der Waals surface area (Å²) in [7, 11) is 0. The van der Waals surface area contributed by atoms with Crippen molar-refractivity contribution in [3.05, 3.63) is 76.7 Å². The molecule has 4 rings (SSSR count). The molecular weight excluding hydrogens is 411 g/mol. The lowest BCUT2D eigenvalue weighted by molar-refractivity contribution is 0.102. The first-order valence-electron chi connectivity index (χ1n) is 8.62. The Kier molecular flexibility index (Phi) is 5.59. The normalized spacial score (nSPS) is 10.7. The van der Waals surface area contributed by atoms with Crippen molar-refractivity contribution >= 4 is 34.1 Å². The minimum absolute atomic E-state index is 0.290. The summed E-state index contributed by atoms with van der Waals surface area (Å²) in [6.07, 6.45) is 0. The minimum atomic E-state index is -0.305. The van der Waals surface area contributed by atoms with E-state index in [1.807, 2.05) is 12.3 Å². The van der Waals surface area contributed by atoms with E-state index in [2.05, 4.69) is 19.0 Å². The summed E-state index contributed by atoms with van der Waals surface area (Å²) < 4.78 is 27.1. The summed E-state index contributed by atoms with van der Waals surface area (Å²) in [6.45, 7) is 2.17. The van der Waals surface area contributed by atoms with Gasteiger partial charge >= 0.3 is 0 Å². The van der Waals surface area contributed by atoms with Gasteiger partial charge in [-0.25, -0.2) is 9.37 Å². The van der Waals surface area contributed by atoms with Crippen molar-refractivity contribution in [1.29, 1.82) is 0 Å². The van der Waals surface area contributed by atoms with Crippen molar-refractivity contribution in [1.82, 2.24) is 13.7 Å². The van der Waals surface area contributed by atoms with Gasteiger partial charge in [-0.2, -0.15) is 8.75 Å². The fourth-order valence-corrected chi connectivity index (χ4v) is 3.78. The zero-order valence-corrected chi connectivity index (χ0v) is 16.9. The quantitative estimate of drug-likeness (QED) is 0.473. The molecule has 1 N–H and O–H groups in total. The Morgan fingerprint density at radius 1 is 1.17 bits per heavy atom. The van der Waals surface area contributed by atoms with E-state index < -0.39 is 0 Å². The Labute approximate surface area is 174 Å². The molecule has 0 radical (unpaired) electrons. The van der Waals surface area contributed by atoms with Crippen LogP contribution in [-0.2, 0) is 6.61 Å². The molecule has 4 aromatic rings. The molecule has 2 aromatic carbocycles. The van der Waals surface area contributed by atoms with Gasteiger partial charge in [0.1, 0.15) is 23.9 Å². The number of carbonyl (C=O) groups excluding carboxylic acids is 1. The maximum Gasteiger partial charge on any atom is 0.257 e. The van der Waals surface area contributed by atoms with Crippen LogP contribution in [0.5, 0.6) is 5.75 Å². The van der Waals surface area contributed by atoms with E-state index in [1.54, 1.807) is 36.4 Å². The maximum absolute atomic E-state index is 13.1. The first-order valence-corrected chi connectivity index (χ1v) is 10.2. The Morgan fingerprint density at radius 3 is 2.76 bits per heavy atom. The van der Waals surface area contributed by atoms with Gasteiger partial charge in [0.25, 0.3) is 5.91 Å². The molecule has 2 heterocycles. The summed E-state index contributed by atoms with van der Waals surface area (Å²) in [5.41, 5.74) is 3.53. The van der Waals surface area contributed by atoms with E-state index in [9.17, 15) is 9.18 Å². The number of carbonyl (C=O) groups is 1. The molecular formula is C20H15FN4O2S2. The van der Waals surface area contributed by atoms with Gasteiger partial charge in [-0.3, -0.25) is 10.1 Å². The third-order valence-corrected chi connectivity index (χ3v) is 5.50. The average molecular weight is 426 g/mol. The molecule has 1 amide bonds. The van der Waals surface area contributed by atoms with Gasteiger partial charge in [-0.1, -0.05) is 6.07 Å². The van der Waals surface area contributed by atoms with Gasteiger partial charge in [0.15, 0.2) is 5.13 Å². The van der Waals surface area contributed by atoms with Crippen LogP contribution in [0.4, 0.5) is 9.52 Å². The van der Waals surface area contributed by atoms with Gasteiger partial charge in [0, 0.05) is 16.5 Å². The first-order chi connectivity index (χ1) is 14.1. The van der Waals surface area contributed by atoms with Crippen molar-refractivity contribution in [2.24, 2.45) is 0 Å². The van der Waals surface area contributed by atoms with Crippen LogP contribution in [0.25, 0.3) is 11.3 Å². The van der Waals surface area contributed by atoms with E-state index >= 15 is 0 Å². The molecule has 0 aliphatic heterocycles. The van der Waals surface area contributed by atoms with Crippen LogP contribution in [0.1, 0.15) is 21.7 Å². The van der Waals surface area contributed by atoms with E-state index in [4.69, 9.17) is 4.74 Å². The SMILES string of the molecule is Cc1nsnc1COc1cccc(C(=O)Nc2nc(-c3ccc(F)cc3)cs2)c1. The molecule has 0 unspecified atom stereocenters. The van der Waals surface area contributed by atoms with Crippen molar-refractivity contribution in [3.8, 4) is 17.0 Å². The smallest absolute Gasteiger partial charge is 0.257 e. The second-order valence-corrected chi connectivity index (χ2v) is 7.50. The Hall–Kier alpha value is -3.17. The van der Waals surface area contributed by atoms with E-state index in [0.717, 1.165) is 28.7 Å². The zero-order valence-electron chi connectivity index (χ0n) is 15.3. The summed E-state index contributed by atoms with van der Waals surface area (Å²) in [5.74, 6) is -0.0287. The molecule has 0 saturated heterocycles. The number of hydrogen-bond acceptors (Lipinski definition) is 7. The fourth-order valence-electron chi connectivity index (χ4n) is 2.51. The first kappa shape index (κ1) is 19.2. The van der Waals surface area contributed by atoms with Crippen LogP contribution in [0.15, 0.2) is 53.9 Å². The number of nitrogens with one attached hydrogen (secondary N) is 1. The zero-order chi connectivity index (χ0) is 20.2. The molecule has 0 atom stereocenters. The Balaban J connectivity index is 1.42. The molecule has 2 aromatic heterocycles. The predicted molar refractivity (Wildman–Crippen MR) is 111 cm³/mol. The van der Waals surface area contributed by atoms with Gasteiger partial charge in [-0.05, 0) is 49.4 Å². The Bertz CT molecular complexity index is 1140. The largest absolute Gasteiger partial charge is 0.487 e. The van der Waals surface area contributed by atoms with Gasteiger partial charge in [-0.15, -0.1) is 11.3 Å². The monoisotopic (exact) mass is 426 g/mol. The maximum atomic E-state index is 13.1. The van der Waals surface area contributed by atoms with Crippen LogP contribution in [-0.4, -0.2) is 19.6 Å². The molecule has 0 aliphatic rings. The number of rotatable bonds is 6. The van der Waals surface area contributed by atoms with Crippen molar-refractivity contribution in [2.75, 3.05) is 5.32 Å². The van der Waals surface area contributed by atoms with Gasteiger partial charge in [0.2, 0.25) is 0 Å². The predicted octanol–water partition coefficient (Wildman–Crippen LogP) is 4.94. The highest BCUT2D eigenvalue weighted by Gasteiger charge is 2.12. The van der Waals surface area contributed by atoms with Crippen molar-refractivity contribution in [2.45, 2.75) is 13.5 Å². The van der Waals surface area contributed by atoms with Crippen LogP contribution in [0.3, 0.4) is 0 Å². The number of benzene rings is 2. The lowest BCUT2D eigenvalue weighted by Crippen LogP contribution is -2.11. The fraction of sp³-hybridized carbons (Fsp3) is 0.100. The van der Waals surface area contributed by atoms with Crippen LogP contribution in [0.2, 0.25) is 0 Å². The summed E-state index contributed by atoms with van der Waals surface area (Å²) in [6, 6.07) is 12.9. The highest BCUT2D eigenvalue weighted by Crippen LogP contribution is 2.26. The number of ether oxygens (including phenoxy) is 1. The highest BCUT2D eigenvalue weighted by molar-refractivity contribution is 7.14. The van der Waals surface area contributed by atoms with E-state index in [0.29, 0.717) is 28.7 Å². The molecule has 29 heavy (non-hydrogen) atoms. The van der Waals surface area contributed by atoms with Gasteiger partial charge in [0.05, 0.1) is 23.1 Å². The topological polar surface area (TPSA) is 77.0 Å². The number of thiazole rings is 1. The molecule has 9 heteroatoms. The number of aromatic nitrogens is 3. The lowest BCUT2D eigenvalue weighted by atomic mass is 10.2. The number of nitrogens with zero attached hydrogens (tertiary/aromatic N) is 3. The average Bonchev–Trinajstić information content (AvgIpc) is 3.36. The highest BCUT2D eigenvalue weighted by atomic mass is 32.1. The molecule has 0 aliphatic carbocycles. The molecule has 0 fully saturated rings. The summed E-state index contributed by atoms with van der Waals surface area (Å²) >= 11 is 2.45. The molecule has 6 nitrogen and oxygen atoms in total. The van der Waals surface area contributed by atoms with Crippen LogP contribution in [0, 0.1) is 12.7 Å². The summed E-state index contributed by atoms with van der Waals surface area (Å²) in [4.78, 5) is 17.0. The molecule has 0 saturated carbocycles. The van der Waals surface area contributed by atoms with Crippen LogP contribution >= 0.6 is 23.1 Å². The standard InChI is InChI=1S/C20H15FN4O2S2/c1-12-17(25-29-24-12)10-27-16-4-2-3-14(9-16)19(26)23-20-22-18(11-28-20)13-5-7-15(21)8-6-13/h2-9,11H,10H2,1H3,(H,22,23,26). The second-order valence-electron chi connectivity index (χ2n) is 6.11. The summed E-state index contributed by atoms with van der Waals surface area (Å²) in [5, 5.41) is 5.06. The van der Waals surface area contributed by atoms with Gasteiger partial charge < -0.3 is 4.74 Å². The third-order valence-electron chi connectivity index (χ3n) is 4.08. The second kappa shape index (κ2) is 8.46. The van der Waals surface area contributed by atoms with Crippen molar-refractivity contribution in [3.63, 3.8) is 0 Å². The molecule has 0 spiro atoms. The van der Waals surface area contributed by atoms with Crippen LogP contribution < -0.4 is 10.1 Å². The number of halogens is 1. The molecule has 0 bridgehead atoms. The minimum Gasteiger partial charge on any atom is -0.487 e. The number of hydrogen-bond donors (Lipinski definition) is 1. The number of amides is 1. The third kappa shape index (κ3) is 4.64.